The van der Waals surface area contributed by atoms with Crippen LogP contribution in [-0.2, 0) is 12.8 Å². The van der Waals surface area contributed by atoms with Crippen molar-refractivity contribution in [1.82, 2.24) is 9.97 Å². The van der Waals surface area contributed by atoms with Crippen molar-refractivity contribution < 1.29 is 0 Å². The highest BCUT2D eigenvalue weighted by Gasteiger charge is 2.25. The molecule has 2 aliphatic rings. The number of fused-ring (bicyclic) bond motifs is 3. The van der Waals surface area contributed by atoms with E-state index in [1.54, 1.807) is 16.8 Å². The normalized spacial score (nSPS) is 23.0. The van der Waals surface area contributed by atoms with Gasteiger partial charge in [-0.05, 0) is 43.6 Å². The van der Waals surface area contributed by atoms with Crippen LogP contribution in [-0.4, -0.2) is 23.1 Å². The van der Waals surface area contributed by atoms with Crippen LogP contribution in [0.15, 0.2) is 6.33 Å². The Morgan fingerprint density at radius 2 is 2.21 bits per heavy atom. The quantitative estimate of drug-likeness (QED) is 0.797. The number of piperidine rings is 1. The zero-order valence-corrected chi connectivity index (χ0v) is 12.2. The van der Waals surface area contributed by atoms with Crippen LogP contribution in [0.3, 0.4) is 0 Å². The van der Waals surface area contributed by atoms with Crippen LogP contribution < -0.4 is 4.90 Å². The van der Waals surface area contributed by atoms with Gasteiger partial charge in [-0.2, -0.15) is 0 Å². The number of hydrogen-bond donors (Lipinski definition) is 0. The van der Waals surface area contributed by atoms with E-state index in [1.165, 1.54) is 48.1 Å². The van der Waals surface area contributed by atoms with E-state index in [2.05, 4.69) is 21.8 Å². The predicted molar refractivity (Wildman–Crippen MR) is 80.1 cm³/mol. The molecule has 3 nitrogen and oxygen atoms in total. The highest BCUT2D eigenvalue weighted by Crippen LogP contribution is 2.40. The molecule has 0 aromatic carbocycles. The van der Waals surface area contributed by atoms with Gasteiger partial charge in [0.05, 0.1) is 5.39 Å². The molecule has 1 atom stereocenters. The Kier molecular flexibility index (Phi) is 2.72. The fourth-order valence-electron chi connectivity index (χ4n) is 3.53. The van der Waals surface area contributed by atoms with E-state index < -0.39 is 0 Å². The lowest BCUT2D eigenvalue weighted by Crippen LogP contribution is -2.35. The first kappa shape index (κ1) is 11.6. The topological polar surface area (TPSA) is 29.0 Å². The van der Waals surface area contributed by atoms with Crippen molar-refractivity contribution in [2.24, 2.45) is 5.92 Å². The first-order valence-electron chi connectivity index (χ1n) is 7.33. The molecule has 1 fully saturated rings. The summed E-state index contributed by atoms with van der Waals surface area (Å²) in [7, 11) is 0. The molecule has 2 aromatic heterocycles. The average Bonchev–Trinajstić information content (AvgIpc) is 2.98. The van der Waals surface area contributed by atoms with Gasteiger partial charge >= 0.3 is 0 Å². The molecule has 0 bridgehead atoms. The lowest BCUT2D eigenvalue weighted by atomic mass is 10.00. The van der Waals surface area contributed by atoms with Gasteiger partial charge in [-0.3, -0.25) is 0 Å². The molecule has 0 saturated carbocycles. The van der Waals surface area contributed by atoms with Gasteiger partial charge in [0.15, 0.2) is 0 Å². The van der Waals surface area contributed by atoms with Gasteiger partial charge in [-0.15, -0.1) is 11.3 Å². The maximum atomic E-state index is 4.64. The summed E-state index contributed by atoms with van der Waals surface area (Å²) in [6.07, 6.45) is 8.17. The molecule has 0 spiro atoms. The molecule has 19 heavy (non-hydrogen) atoms. The Balaban J connectivity index is 1.85. The summed E-state index contributed by atoms with van der Waals surface area (Å²) < 4.78 is 0. The van der Waals surface area contributed by atoms with E-state index in [0.29, 0.717) is 0 Å². The van der Waals surface area contributed by atoms with E-state index in [1.807, 2.05) is 11.3 Å². The van der Waals surface area contributed by atoms with Crippen LogP contribution >= 0.6 is 11.3 Å². The predicted octanol–water partition coefficient (Wildman–Crippen LogP) is 3.42. The van der Waals surface area contributed by atoms with Crippen molar-refractivity contribution in [3.63, 3.8) is 0 Å². The van der Waals surface area contributed by atoms with E-state index in [0.717, 1.165) is 19.0 Å². The molecule has 2 aromatic rings. The monoisotopic (exact) mass is 273 g/mol. The van der Waals surface area contributed by atoms with Gasteiger partial charge < -0.3 is 4.90 Å². The minimum Gasteiger partial charge on any atom is -0.356 e. The SMILES string of the molecule is C[C@H]1CCCN(c2ncnc3sc4c(c23)CCC4)C1. The molecule has 100 valence electrons. The summed E-state index contributed by atoms with van der Waals surface area (Å²) in [5.74, 6) is 1.99. The molecule has 0 radical (unpaired) electrons. The second-order valence-electron chi connectivity index (χ2n) is 5.93. The Bertz CT molecular complexity index is 619. The third-order valence-corrected chi connectivity index (χ3v) is 5.64. The second-order valence-corrected chi connectivity index (χ2v) is 7.01. The highest BCUT2D eigenvalue weighted by atomic mass is 32.1. The lowest BCUT2D eigenvalue weighted by Gasteiger charge is -2.32. The van der Waals surface area contributed by atoms with Gasteiger partial charge in [-0.25, -0.2) is 9.97 Å². The minimum atomic E-state index is 0.783. The first-order valence-corrected chi connectivity index (χ1v) is 8.15. The van der Waals surface area contributed by atoms with Crippen molar-refractivity contribution >= 4 is 27.4 Å². The van der Waals surface area contributed by atoms with Crippen LogP contribution in [0.1, 0.15) is 36.6 Å². The molecule has 1 saturated heterocycles. The maximum Gasteiger partial charge on any atom is 0.141 e. The summed E-state index contributed by atoms with van der Waals surface area (Å²) in [4.78, 5) is 14.4. The summed E-state index contributed by atoms with van der Waals surface area (Å²) in [5, 5.41) is 1.37. The number of thiophene rings is 1. The maximum absolute atomic E-state index is 4.64. The van der Waals surface area contributed by atoms with Gasteiger partial charge in [0, 0.05) is 18.0 Å². The fourth-order valence-corrected chi connectivity index (χ4v) is 4.76. The fraction of sp³-hybridized carbons (Fsp3) is 0.600. The van der Waals surface area contributed by atoms with E-state index in [9.17, 15) is 0 Å². The second kappa shape index (κ2) is 4.44. The summed E-state index contributed by atoms with van der Waals surface area (Å²) in [5.41, 5.74) is 1.55. The summed E-state index contributed by atoms with van der Waals surface area (Å²) in [6.45, 7) is 4.65. The smallest absolute Gasteiger partial charge is 0.141 e. The van der Waals surface area contributed by atoms with E-state index in [4.69, 9.17) is 0 Å². The van der Waals surface area contributed by atoms with Crippen molar-refractivity contribution in [3.8, 4) is 0 Å². The Morgan fingerprint density at radius 1 is 1.26 bits per heavy atom. The van der Waals surface area contributed by atoms with Crippen LogP contribution in [0.2, 0.25) is 0 Å². The zero-order chi connectivity index (χ0) is 12.8. The third-order valence-electron chi connectivity index (χ3n) is 4.44. The number of hydrogen-bond acceptors (Lipinski definition) is 4. The number of aromatic nitrogens is 2. The van der Waals surface area contributed by atoms with Gasteiger partial charge in [0.25, 0.3) is 0 Å². The zero-order valence-electron chi connectivity index (χ0n) is 11.4. The van der Waals surface area contributed by atoms with Gasteiger partial charge in [0.1, 0.15) is 17.0 Å². The molecular formula is C15H19N3S. The third kappa shape index (κ3) is 1.84. The van der Waals surface area contributed by atoms with E-state index >= 15 is 0 Å². The van der Waals surface area contributed by atoms with Crippen LogP contribution in [0.25, 0.3) is 10.2 Å². The Morgan fingerprint density at radius 3 is 3.11 bits per heavy atom. The lowest BCUT2D eigenvalue weighted by molar-refractivity contribution is 0.445. The molecule has 1 aliphatic carbocycles. The first-order chi connectivity index (χ1) is 9.33. The largest absolute Gasteiger partial charge is 0.356 e. The van der Waals surface area contributed by atoms with Gasteiger partial charge in [-0.1, -0.05) is 6.92 Å². The van der Waals surface area contributed by atoms with Crippen LogP contribution in [0, 0.1) is 5.92 Å². The van der Waals surface area contributed by atoms with Crippen LogP contribution in [0.5, 0.6) is 0 Å². The van der Waals surface area contributed by atoms with Gasteiger partial charge in [0.2, 0.25) is 0 Å². The Hall–Kier alpha value is -1.16. The molecular weight excluding hydrogens is 254 g/mol. The van der Waals surface area contributed by atoms with Crippen LogP contribution in [0.4, 0.5) is 5.82 Å². The molecule has 0 amide bonds. The molecule has 3 heterocycles. The molecule has 4 heteroatoms. The number of rotatable bonds is 1. The van der Waals surface area contributed by atoms with Crippen molar-refractivity contribution in [1.29, 1.82) is 0 Å². The standard InChI is InChI=1S/C15H19N3S/c1-10-4-3-7-18(8-10)14-13-11-5-2-6-12(11)19-15(13)17-9-16-14/h9-10H,2-8H2,1H3/t10-/m0/s1. The molecule has 0 N–H and O–H groups in total. The minimum absolute atomic E-state index is 0.783. The molecule has 0 unspecified atom stereocenters. The number of aryl methyl sites for hydroxylation is 2. The number of anilines is 1. The summed E-state index contributed by atoms with van der Waals surface area (Å²) in [6, 6.07) is 0. The van der Waals surface area contributed by atoms with Crippen molar-refractivity contribution in [2.75, 3.05) is 18.0 Å². The average molecular weight is 273 g/mol. The number of nitrogens with zero attached hydrogens (tertiary/aromatic N) is 3. The van der Waals surface area contributed by atoms with Crippen molar-refractivity contribution in [2.45, 2.75) is 39.0 Å². The highest BCUT2D eigenvalue weighted by molar-refractivity contribution is 7.19. The molecule has 1 aliphatic heterocycles. The molecule has 4 rings (SSSR count). The Labute approximate surface area is 117 Å². The van der Waals surface area contributed by atoms with Crippen molar-refractivity contribution in [3.05, 3.63) is 16.8 Å². The summed E-state index contributed by atoms with van der Waals surface area (Å²) >= 11 is 1.89. The van der Waals surface area contributed by atoms with E-state index in [-0.39, 0.29) is 0 Å².